The van der Waals surface area contributed by atoms with E-state index in [-0.39, 0.29) is 0 Å². The van der Waals surface area contributed by atoms with Crippen LogP contribution < -0.4 is 5.73 Å². The van der Waals surface area contributed by atoms with E-state index in [0.29, 0.717) is 6.04 Å². The monoisotopic (exact) mass is 164 g/mol. The molecule has 0 bridgehead atoms. The summed E-state index contributed by atoms with van der Waals surface area (Å²) in [5.74, 6) is 0. The number of pyridine rings is 1. The van der Waals surface area contributed by atoms with E-state index in [1.54, 1.807) is 6.20 Å². The van der Waals surface area contributed by atoms with E-state index in [4.69, 9.17) is 5.73 Å². The molecule has 1 aromatic heterocycles. The van der Waals surface area contributed by atoms with Gasteiger partial charge in [0.15, 0.2) is 0 Å². The third kappa shape index (κ3) is 3.49. The van der Waals surface area contributed by atoms with Crippen LogP contribution in [0.1, 0.15) is 25.3 Å². The van der Waals surface area contributed by atoms with Crippen molar-refractivity contribution in [1.82, 2.24) is 4.98 Å². The molecule has 12 heavy (non-hydrogen) atoms. The molecule has 1 atom stereocenters. The summed E-state index contributed by atoms with van der Waals surface area (Å²) in [6.07, 6.45) is 7.06. The first kappa shape index (κ1) is 9.20. The Balaban J connectivity index is 2.25. The second kappa shape index (κ2) is 4.88. The van der Waals surface area contributed by atoms with Gasteiger partial charge in [-0.05, 0) is 37.8 Å². The minimum absolute atomic E-state index is 0.321. The van der Waals surface area contributed by atoms with Gasteiger partial charge in [-0.25, -0.2) is 0 Å². The van der Waals surface area contributed by atoms with Crippen molar-refractivity contribution < 1.29 is 0 Å². The van der Waals surface area contributed by atoms with Crippen molar-refractivity contribution in [3.05, 3.63) is 30.1 Å². The van der Waals surface area contributed by atoms with Gasteiger partial charge in [0.1, 0.15) is 0 Å². The lowest BCUT2D eigenvalue weighted by atomic mass is 10.1. The number of hydrogen-bond acceptors (Lipinski definition) is 2. The quantitative estimate of drug-likeness (QED) is 0.736. The van der Waals surface area contributed by atoms with Crippen molar-refractivity contribution in [1.29, 1.82) is 0 Å². The van der Waals surface area contributed by atoms with Gasteiger partial charge in [-0.15, -0.1) is 0 Å². The number of rotatable bonds is 4. The lowest BCUT2D eigenvalue weighted by Crippen LogP contribution is -2.14. The summed E-state index contributed by atoms with van der Waals surface area (Å²) in [7, 11) is 0. The van der Waals surface area contributed by atoms with Gasteiger partial charge in [0.25, 0.3) is 0 Å². The Bertz CT molecular complexity index is 206. The first-order valence-corrected chi connectivity index (χ1v) is 4.43. The molecule has 0 amide bonds. The van der Waals surface area contributed by atoms with Crippen molar-refractivity contribution in [2.75, 3.05) is 0 Å². The highest BCUT2D eigenvalue weighted by Gasteiger charge is 1.95. The SMILES string of the molecule is CC(N)CCCc1cccnc1. The first-order valence-electron chi connectivity index (χ1n) is 4.43. The molecule has 1 rings (SSSR count). The average Bonchev–Trinajstić information content (AvgIpc) is 2.05. The van der Waals surface area contributed by atoms with E-state index >= 15 is 0 Å². The molecule has 0 radical (unpaired) electrons. The highest BCUT2D eigenvalue weighted by molar-refractivity contribution is 5.08. The highest BCUT2D eigenvalue weighted by Crippen LogP contribution is 2.03. The molecular formula is C10H16N2. The van der Waals surface area contributed by atoms with Crippen LogP contribution in [0.3, 0.4) is 0 Å². The van der Waals surface area contributed by atoms with Gasteiger partial charge in [-0.1, -0.05) is 6.07 Å². The number of hydrogen-bond donors (Lipinski definition) is 1. The van der Waals surface area contributed by atoms with Crippen LogP contribution in [0.2, 0.25) is 0 Å². The molecule has 0 aromatic carbocycles. The van der Waals surface area contributed by atoms with E-state index in [0.717, 1.165) is 19.3 Å². The summed E-state index contributed by atoms with van der Waals surface area (Å²) >= 11 is 0. The van der Waals surface area contributed by atoms with Crippen LogP contribution in [0.25, 0.3) is 0 Å². The predicted molar refractivity (Wildman–Crippen MR) is 50.8 cm³/mol. The molecule has 0 spiro atoms. The first-order chi connectivity index (χ1) is 5.79. The normalized spacial score (nSPS) is 12.8. The molecule has 2 N–H and O–H groups in total. The van der Waals surface area contributed by atoms with Crippen molar-refractivity contribution in [2.45, 2.75) is 32.2 Å². The zero-order valence-electron chi connectivity index (χ0n) is 7.53. The summed E-state index contributed by atoms with van der Waals surface area (Å²) in [5, 5.41) is 0. The van der Waals surface area contributed by atoms with E-state index in [9.17, 15) is 0 Å². The molecule has 2 heteroatoms. The molecule has 1 aromatic rings. The molecule has 0 saturated carbocycles. The maximum absolute atomic E-state index is 5.64. The number of aryl methyl sites for hydroxylation is 1. The summed E-state index contributed by atoms with van der Waals surface area (Å²) < 4.78 is 0. The largest absolute Gasteiger partial charge is 0.328 e. The fourth-order valence-corrected chi connectivity index (χ4v) is 1.17. The minimum atomic E-state index is 0.321. The second-order valence-electron chi connectivity index (χ2n) is 3.23. The van der Waals surface area contributed by atoms with Crippen LogP contribution in [0.4, 0.5) is 0 Å². The zero-order valence-corrected chi connectivity index (χ0v) is 7.53. The fraction of sp³-hybridized carbons (Fsp3) is 0.500. The molecule has 66 valence electrons. The van der Waals surface area contributed by atoms with Gasteiger partial charge in [-0.3, -0.25) is 4.98 Å². The molecular weight excluding hydrogens is 148 g/mol. The van der Waals surface area contributed by atoms with Crippen molar-refractivity contribution >= 4 is 0 Å². The lowest BCUT2D eigenvalue weighted by Gasteiger charge is -2.03. The molecule has 1 unspecified atom stereocenters. The van der Waals surface area contributed by atoms with E-state index in [2.05, 4.69) is 11.1 Å². The third-order valence-corrected chi connectivity index (χ3v) is 1.85. The Morgan fingerprint density at radius 3 is 3.00 bits per heavy atom. The van der Waals surface area contributed by atoms with Gasteiger partial charge < -0.3 is 5.73 Å². The standard InChI is InChI=1S/C10H16N2/c1-9(11)4-2-5-10-6-3-7-12-8-10/h3,6-9H,2,4-5,11H2,1H3. The zero-order chi connectivity index (χ0) is 8.81. The van der Waals surface area contributed by atoms with Crippen molar-refractivity contribution in [2.24, 2.45) is 5.73 Å². The summed E-state index contributed by atoms with van der Waals surface area (Å²) in [5.41, 5.74) is 6.94. The van der Waals surface area contributed by atoms with Gasteiger partial charge in [0.2, 0.25) is 0 Å². The van der Waals surface area contributed by atoms with Gasteiger partial charge in [0, 0.05) is 18.4 Å². The molecule has 2 nitrogen and oxygen atoms in total. The lowest BCUT2D eigenvalue weighted by molar-refractivity contribution is 0.624. The molecule has 0 aliphatic carbocycles. The Morgan fingerprint density at radius 1 is 1.58 bits per heavy atom. The molecule has 1 heterocycles. The van der Waals surface area contributed by atoms with Crippen LogP contribution in [0.15, 0.2) is 24.5 Å². The van der Waals surface area contributed by atoms with Crippen LogP contribution >= 0.6 is 0 Å². The van der Waals surface area contributed by atoms with E-state index in [1.165, 1.54) is 5.56 Å². The molecule has 0 fully saturated rings. The smallest absolute Gasteiger partial charge is 0.0299 e. The van der Waals surface area contributed by atoms with Crippen molar-refractivity contribution in [3.63, 3.8) is 0 Å². The van der Waals surface area contributed by atoms with Gasteiger partial charge in [0.05, 0.1) is 0 Å². The van der Waals surface area contributed by atoms with Gasteiger partial charge >= 0.3 is 0 Å². The van der Waals surface area contributed by atoms with Crippen LogP contribution in [-0.4, -0.2) is 11.0 Å². The summed E-state index contributed by atoms with van der Waals surface area (Å²) in [6, 6.07) is 4.40. The average molecular weight is 164 g/mol. The van der Waals surface area contributed by atoms with Gasteiger partial charge in [-0.2, -0.15) is 0 Å². The fourth-order valence-electron chi connectivity index (χ4n) is 1.17. The Hall–Kier alpha value is -0.890. The minimum Gasteiger partial charge on any atom is -0.328 e. The van der Waals surface area contributed by atoms with E-state index in [1.807, 2.05) is 19.2 Å². The third-order valence-electron chi connectivity index (χ3n) is 1.85. The Morgan fingerprint density at radius 2 is 2.42 bits per heavy atom. The maximum atomic E-state index is 5.64. The Kier molecular flexibility index (Phi) is 3.74. The Labute approximate surface area is 73.8 Å². The maximum Gasteiger partial charge on any atom is 0.0299 e. The van der Waals surface area contributed by atoms with Crippen molar-refractivity contribution in [3.8, 4) is 0 Å². The number of nitrogens with two attached hydrogens (primary N) is 1. The number of aromatic nitrogens is 1. The predicted octanol–water partition coefficient (Wildman–Crippen LogP) is 1.75. The second-order valence-corrected chi connectivity index (χ2v) is 3.23. The molecule has 0 aliphatic heterocycles. The summed E-state index contributed by atoms with van der Waals surface area (Å²) in [6.45, 7) is 2.04. The van der Waals surface area contributed by atoms with Crippen LogP contribution in [0, 0.1) is 0 Å². The number of nitrogens with zero attached hydrogens (tertiary/aromatic N) is 1. The molecule has 0 aliphatic rings. The molecule has 0 saturated heterocycles. The summed E-state index contributed by atoms with van der Waals surface area (Å²) in [4.78, 5) is 4.05. The highest BCUT2D eigenvalue weighted by atomic mass is 14.6. The van der Waals surface area contributed by atoms with Crippen LogP contribution in [-0.2, 0) is 6.42 Å². The topological polar surface area (TPSA) is 38.9 Å². The van der Waals surface area contributed by atoms with Crippen LogP contribution in [0.5, 0.6) is 0 Å². The van der Waals surface area contributed by atoms with E-state index < -0.39 is 0 Å².